The Bertz CT molecular complexity index is 679. The van der Waals surface area contributed by atoms with Gasteiger partial charge in [0.05, 0.1) is 22.6 Å². The summed E-state index contributed by atoms with van der Waals surface area (Å²) in [7, 11) is 1.11. The Morgan fingerprint density at radius 1 is 1.50 bits per heavy atom. The van der Waals surface area contributed by atoms with Crippen molar-refractivity contribution in [3.05, 3.63) is 40.9 Å². The van der Waals surface area contributed by atoms with Crippen LogP contribution < -0.4 is 0 Å². The molecule has 8 heteroatoms. The molecule has 2 unspecified atom stereocenters. The summed E-state index contributed by atoms with van der Waals surface area (Å²) in [6.45, 7) is 2.61. The second-order valence-electron chi connectivity index (χ2n) is 5.26. The van der Waals surface area contributed by atoms with E-state index in [-0.39, 0.29) is 11.1 Å². The van der Waals surface area contributed by atoms with Gasteiger partial charge in [0.2, 0.25) is 0 Å². The van der Waals surface area contributed by atoms with Gasteiger partial charge in [-0.3, -0.25) is 9.11 Å². The third-order valence-corrected chi connectivity index (χ3v) is 4.59. The van der Waals surface area contributed by atoms with Gasteiger partial charge < -0.3 is 0 Å². The molecule has 2 atom stereocenters. The van der Waals surface area contributed by atoms with Gasteiger partial charge >= 0.3 is 0 Å². The predicted molar refractivity (Wildman–Crippen MR) is 86.2 cm³/mol. The van der Waals surface area contributed by atoms with E-state index in [4.69, 9.17) is 11.6 Å². The molecule has 2 rings (SSSR count). The Balaban J connectivity index is 2.08. The highest BCUT2D eigenvalue weighted by atomic mass is 35.5. The first-order valence-corrected chi connectivity index (χ1v) is 8.84. The zero-order valence-corrected chi connectivity index (χ0v) is 14.2. The van der Waals surface area contributed by atoms with Crippen molar-refractivity contribution in [2.24, 2.45) is 0 Å². The Hall–Kier alpha value is -1.31. The highest BCUT2D eigenvalue weighted by Crippen LogP contribution is 2.18. The maximum absolute atomic E-state index is 13.2. The number of aromatic nitrogens is 3. The van der Waals surface area contributed by atoms with Crippen LogP contribution >= 0.6 is 11.6 Å². The summed E-state index contributed by atoms with van der Waals surface area (Å²) in [6, 6.07) is 4.56. The van der Waals surface area contributed by atoms with Crippen LogP contribution in [0, 0.1) is 5.82 Å². The van der Waals surface area contributed by atoms with Gasteiger partial charge in [-0.1, -0.05) is 16.8 Å². The lowest BCUT2D eigenvalue weighted by atomic mass is 10.3. The molecule has 0 aliphatic rings. The van der Waals surface area contributed by atoms with Gasteiger partial charge in [0, 0.05) is 35.4 Å². The summed E-state index contributed by atoms with van der Waals surface area (Å²) < 4.78 is 26.0. The molecule has 120 valence electrons. The van der Waals surface area contributed by atoms with E-state index in [2.05, 4.69) is 15.2 Å². The molecule has 0 saturated carbocycles. The summed E-state index contributed by atoms with van der Waals surface area (Å²) in [4.78, 5) is 2.06. The molecule has 0 bridgehead atoms. The largest absolute Gasteiger partial charge is 0.297 e. The van der Waals surface area contributed by atoms with Crippen LogP contribution in [-0.4, -0.2) is 49.2 Å². The van der Waals surface area contributed by atoms with E-state index in [1.165, 1.54) is 12.1 Å². The van der Waals surface area contributed by atoms with Crippen molar-refractivity contribution in [1.29, 1.82) is 0 Å². The Morgan fingerprint density at radius 3 is 2.86 bits per heavy atom. The topological polar surface area (TPSA) is 51.0 Å². The Labute approximate surface area is 136 Å². The van der Waals surface area contributed by atoms with E-state index >= 15 is 0 Å². The fourth-order valence-electron chi connectivity index (χ4n) is 2.00. The van der Waals surface area contributed by atoms with Crippen molar-refractivity contribution in [2.75, 3.05) is 19.1 Å². The molecule has 22 heavy (non-hydrogen) atoms. The van der Waals surface area contributed by atoms with E-state index in [1.807, 2.05) is 14.0 Å². The molecule has 1 aromatic carbocycles. The molecule has 5 nitrogen and oxygen atoms in total. The molecule has 0 fully saturated rings. The second kappa shape index (κ2) is 7.30. The Kier molecular flexibility index (Phi) is 5.66. The normalized spacial score (nSPS) is 14.3. The first-order valence-electron chi connectivity index (χ1n) is 6.73. The standard InChI is InChI=1S/C14H18ClFN4OS/c1-10(9-22(3)21)19(2)7-11-8-20(18-17-11)12-4-5-14(16)13(15)6-12/h4-6,8,10H,7,9H2,1-3H3. The lowest BCUT2D eigenvalue weighted by molar-refractivity contribution is 0.265. The molecule has 2 aromatic rings. The molecular formula is C14H18ClFN4OS. The van der Waals surface area contributed by atoms with Crippen molar-refractivity contribution in [2.45, 2.75) is 19.5 Å². The van der Waals surface area contributed by atoms with Gasteiger partial charge in [-0.05, 0) is 32.2 Å². The number of nitrogens with zero attached hydrogens (tertiary/aromatic N) is 4. The van der Waals surface area contributed by atoms with Crippen molar-refractivity contribution in [3.63, 3.8) is 0 Å². The molecule has 0 aliphatic heterocycles. The lowest BCUT2D eigenvalue weighted by Crippen LogP contribution is -2.33. The van der Waals surface area contributed by atoms with E-state index in [0.717, 1.165) is 5.69 Å². The molecule has 0 saturated heterocycles. The average Bonchev–Trinajstić information content (AvgIpc) is 2.89. The summed E-state index contributed by atoms with van der Waals surface area (Å²) in [5.41, 5.74) is 1.42. The van der Waals surface area contributed by atoms with Gasteiger partial charge in [-0.15, -0.1) is 5.10 Å². The molecule has 0 amide bonds. The second-order valence-corrected chi connectivity index (χ2v) is 7.14. The SMILES string of the molecule is CC(CS(C)=O)N(C)Cc1cn(-c2ccc(F)c(Cl)c2)nn1. The molecule has 1 aromatic heterocycles. The molecule has 0 aliphatic carbocycles. The molecule has 1 heterocycles. The number of hydrogen-bond donors (Lipinski definition) is 0. The van der Waals surface area contributed by atoms with Crippen molar-refractivity contribution < 1.29 is 8.60 Å². The van der Waals surface area contributed by atoms with Crippen LogP contribution in [0.1, 0.15) is 12.6 Å². The molecule has 0 radical (unpaired) electrons. The summed E-state index contributed by atoms with van der Waals surface area (Å²) in [5, 5.41) is 8.18. The van der Waals surface area contributed by atoms with Crippen molar-refractivity contribution >= 4 is 22.4 Å². The number of halogens is 2. The third-order valence-electron chi connectivity index (χ3n) is 3.35. The minimum absolute atomic E-state index is 0.0470. The zero-order chi connectivity index (χ0) is 16.3. The van der Waals surface area contributed by atoms with E-state index < -0.39 is 16.6 Å². The van der Waals surface area contributed by atoms with Gasteiger partial charge in [-0.25, -0.2) is 9.07 Å². The van der Waals surface area contributed by atoms with Crippen LogP contribution in [0.15, 0.2) is 24.4 Å². The summed E-state index contributed by atoms with van der Waals surface area (Å²) in [6.07, 6.45) is 3.47. The smallest absolute Gasteiger partial charge is 0.141 e. The summed E-state index contributed by atoms with van der Waals surface area (Å²) in [5.74, 6) is 0.143. The van der Waals surface area contributed by atoms with E-state index in [1.54, 1.807) is 23.2 Å². The maximum atomic E-state index is 13.2. The highest BCUT2D eigenvalue weighted by Gasteiger charge is 2.13. The lowest BCUT2D eigenvalue weighted by Gasteiger charge is -2.22. The van der Waals surface area contributed by atoms with Crippen LogP contribution in [0.2, 0.25) is 5.02 Å². The zero-order valence-electron chi connectivity index (χ0n) is 12.7. The number of rotatable bonds is 6. The minimum Gasteiger partial charge on any atom is -0.297 e. The number of hydrogen-bond acceptors (Lipinski definition) is 4. The molecule has 0 N–H and O–H groups in total. The van der Waals surface area contributed by atoms with Crippen LogP contribution in [0.4, 0.5) is 4.39 Å². The van der Waals surface area contributed by atoms with Crippen LogP contribution in [0.25, 0.3) is 5.69 Å². The highest BCUT2D eigenvalue weighted by molar-refractivity contribution is 7.84. The fourth-order valence-corrected chi connectivity index (χ4v) is 3.11. The quantitative estimate of drug-likeness (QED) is 0.806. The first kappa shape index (κ1) is 17.1. The minimum atomic E-state index is -0.837. The Morgan fingerprint density at radius 2 is 2.23 bits per heavy atom. The van der Waals surface area contributed by atoms with Gasteiger partial charge in [0.15, 0.2) is 0 Å². The van der Waals surface area contributed by atoms with E-state index in [0.29, 0.717) is 18.0 Å². The van der Waals surface area contributed by atoms with Crippen LogP contribution in [0.3, 0.4) is 0 Å². The van der Waals surface area contributed by atoms with Crippen LogP contribution in [0.5, 0.6) is 0 Å². The average molecular weight is 345 g/mol. The molecule has 0 spiro atoms. The fraction of sp³-hybridized carbons (Fsp3) is 0.429. The summed E-state index contributed by atoms with van der Waals surface area (Å²) >= 11 is 5.77. The maximum Gasteiger partial charge on any atom is 0.141 e. The van der Waals surface area contributed by atoms with Crippen molar-refractivity contribution in [3.8, 4) is 5.69 Å². The number of benzene rings is 1. The van der Waals surface area contributed by atoms with Gasteiger partial charge in [0.1, 0.15) is 5.82 Å². The third kappa shape index (κ3) is 4.34. The van der Waals surface area contributed by atoms with Crippen molar-refractivity contribution in [1.82, 2.24) is 19.9 Å². The first-order chi connectivity index (χ1) is 10.4. The predicted octanol–water partition coefficient (Wildman–Crippen LogP) is 2.26. The van der Waals surface area contributed by atoms with Gasteiger partial charge in [0.25, 0.3) is 0 Å². The van der Waals surface area contributed by atoms with Gasteiger partial charge in [-0.2, -0.15) is 0 Å². The monoisotopic (exact) mass is 344 g/mol. The molecular weight excluding hydrogens is 327 g/mol. The van der Waals surface area contributed by atoms with E-state index in [9.17, 15) is 8.60 Å². The van der Waals surface area contributed by atoms with Crippen LogP contribution in [-0.2, 0) is 17.3 Å².